The number of hydrogen-bond donors (Lipinski definition) is 0. The number of aryl methyl sites for hydroxylation is 1. The van der Waals surface area contributed by atoms with Gasteiger partial charge in [0.15, 0.2) is 5.69 Å². The molecule has 0 saturated heterocycles. The number of hydrogen-bond acceptors (Lipinski definition) is 0. The minimum atomic E-state index is 0.0297. The number of aromatic nitrogens is 2. The summed E-state index contributed by atoms with van der Waals surface area (Å²) in [5.74, 6) is 2.13. The van der Waals surface area contributed by atoms with E-state index >= 15 is 0 Å². The van der Waals surface area contributed by atoms with E-state index in [1.54, 1.807) is 0 Å². The summed E-state index contributed by atoms with van der Waals surface area (Å²) in [5, 5.41) is 0. The van der Waals surface area contributed by atoms with Gasteiger partial charge in [0, 0.05) is 12.5 Å². The third-order valence-corrected chi connectivity index (χ3v) is 6.85. The lowest BCUT2D eigenvalue weighted by Crippen LogP contribution is -2.38. The number of fused-ring (bicyclic) bond motifs is 3. The SMILES string of the molecule is Cc1ccccc1-n1c(C)c2[n+](c1C1CCCC1)-c1ccccc1C2(C)C. The Labute approximate surface area is 162 Å². The molecule has 1 aromatic heterocycles. The summed E-state index contributed by atoms with van der Waals surface area (Å²) >= 11 is 0. The van der Waals surface area contributed by atoms with Crippen LogP contribution in [0.15, 0.2) is 48.5 Å². The Hall–Kier alpha value is -2.35. The van der Waals surface area contributed by atoms with Crippen molar-refractivity contribution in [1.82, 2.24) is 4.57 Å². The summed E-state index contributed by atoms with van der Waals surface area (Å²) in [4.78, 5) is 0. The van der Waals surface area contributed by atoms with Gasteiger partial charge in [0.05, 0.1) is 11.3 Å². The second kappa shape index (κ2) is 5.82. The molecular weight excluding hydrogens is 328 g/mol. The van der Waals surface area contributed by atoms with Gasteiger partial charge in [-0.3, -0.25) is 0 Å². The number of imidazole rings is 1. The van der Waals surface area contributed by atoms with Crippen molar-refractivity contribution in [2.24, 2.45) is 0 Å². The zero-order chi connectivity index (χ0) is 18.8. The minimum absolute atomic E-state index is 0.0297. The zero-order valence-corrected chi connectivity index (χ0v) is 16.9. The van der Waals surface area contributed by atoms with Crippen LogP contribution in [0.2, 0.25) is 0 Å². The third-order valence-electron chi connectivity index (χ3n) is 6.85. The third kappa shape index (κ3) is 2.22. The molecular formula is C25H29N2+. The highest BCUT2D eigenvalue weighted by atomic mass is 15.2. The van der Waals surface area contributed by atoms with Crippen LogP contribution in [0.5, 0.6) is 0 Å². The van der Waals surface area contributed by atoms with Gasteiger partial charge in [-0.2, -0.15) is 9.13 Å². The van der Waals surface area contributed by atoms with E-state index in [2.05, 4.69) is 85.4 Å². The van der Waals surface area contributed by atoms with Crippen LogP contribution < -0.4 is 4.57 Å². The molecule has 2 aliphatic rings. The van der Waals surface area contributed by atoms with Crippen LogP contribution in [0.3, 0.4) is 0 Å². The fourth-order valence-corrected chi connectivity index (χ4v) is 5.62. The van der Waals surface area contributed by atoms with Crippen molar-refractivity contribution in [3.8, 4) is 11.4 Å². The first kappa shape index (κ1) is 16.8. The van der Waals surface area contributed by atoms with Gasteiger partial charge < -0.3 is 0 Å². The second-order valence-electron chi connectivity index (χ2n) is 8.87. The fourth-order valence-electron chi connectivity index (χ4n) is 5.62. The Kier molecular flexibility index (Phi) is 3.62. The predicted octanol–water partition coefficient (Wildman–Crippen LogP) is 5.67. The summed E-state index contributed by atoms with van der Waals surface area (Å²) < 4.78 is 5.20. The summed E-state index contributed by atoms with van der Waals surface area (Å²) in [6.07, 6.45) is 5.31. The van der Waals surface area contributed by atoms with E-state index in [9.17, 15) is 0 Å². The fraction of sp³-hybridized carbons (Fsp3) is 0.400. The van der Waals surface area contributed by atoms with Crippen molar-refractivity contribution in [1.29, 1.82) is 0 Å². The lowest BCUT2D eigenvalue weighted by Gasteiger charge is -2.17. The average molecular weight is 358 g/mol. The highest BCUT2D eigenvalue weighted by Crippen LogP contribution is 2.44. The van der Waals surface area contributed by atoms with Gasteiger partial charge in [-0.25, -0.2) is 0 Å². The van der Waals surface area contributed by atoms with Crippen LogP contribution in [0.25, 0.3) is 11.4 Å². The van der Waals surface area contributed by atoms with E-state index < -0.39 is 0 Å². The van der Waals surface area contributed by atoms with Crippen LogP contribution in [0.1, 0.15) is 73.8 Å². The lowest BCUT2D eigenvalue weighted by atomic mass is 9.82. The first-order chi connectivity index (χ1) is 13.0. The molecule has 5 rings (SSSR count). The Morgan fingerprint density at radius 2 is 1.59 bits per heavy atom. The first-order valence-electron chi connectivity index (χ1n) is 10.4. The van der Waals surface area contributed by atoms with Crippen molar-refractivity contribution in [3.63, 3.8) is 0 Å². The van der Waals surface area contributed by atoms with Gasteiger partial charge in [0.1, 0.15) is 17.1 Å². The molecule has 0 atom stereocenters. The Morgan fingerprint density at radius 1 is 0.926 bits per heavy atom. The summed E-state index contributed by atoms with van der Waals surface area (Å²) in [6.45, 7) is 9.34. The predicted molar refractivity (Wildman–Crippen MR) is 110 cm³/mol. The molecule has 1 saturated carbocycles. The molecule has 2 aromatic carbocycles. The monoisotopic (exact) mass is 357 g/mol. The molecule has 2 nitrogen and oxygen atoms in total. The van der Waals surface area contributed by atoms with Crippen LogP contribution in [-0.2, 0) is 5.41 Å². The summed E-state index contributed by atoms with van der Waals surface area (Å²) in [7, 11) is 0. The highest BCUT2D eigenvalue weighted by Gasteiger charge is 2.49. The molecule has 0 N–H and O–H groups in total. The van der Waals surface area contributed by atoms with E-state index in [-0.39, 0.29) is 5.41 Å². The van der Waals surface area contributed by atoms with Crippen molar-refractivity contribution < 1.29 is 4.57 Å². The maximum Gasteiger partial charge on any atom is 0.270 e. The van der Waals surface area contributed by atoms with Gasteiger partial charge >= 0.3 is 0 Å². The summed E-state index contributed by atoms with van der Waals surface area (Å²) in [6, 6.07) is 17.9. The van der Waals surface area contributed by atoms with Crippen LogP contribution in [0.4, 0.5) is 0 Å². The Morgan fingerprint density at radius 3 is 2.33 bits per heavy atom. The first-order valence-corrected chi connectivity index (χ1v) is 10.4. The maximum atomic E-state index is 2.62. The Balaban J connectivity index is 1.89. The molecule has 2 heterocycles. The van der Waals surface area contributed by atoms with Crippen LogP contribution >= 0.6 is 0 Å². The molecule has 0 unspecified atom stereocenters. The van der Waals surface area contributed by atoms with Crippen molar-refractivity contribution in [3.05, 3.63) is 76.9 Å². The molecule has 1 aliphatic heterocycles. The molecule has 0 bridgehead atoms. The van der Waals surface area contributed by atoms with E-state index in [0.717, 1.165) is 0 Å². The molecule has 0 amide bonds. The molecule has 138 valence electrons. The Bertz CT molecular complexity index is 1030. The van der Waals surface area contributed by atoms with E-state index in [4.69, 9.17) is 0 Å². The van der Waals surface area contributed by atoms with Gasteiger partial charge in [0.2, 0.25) is 0 Å². The molecule has 3 aromatic rings. The van der Waals surface area contributed by atoms with E-state index in [1.165, 1.54) is 65.4 Å². The molecule has 0 spiro atoms. The van der Waals surface area contributed by atoms with Crippen LogP contribution in [0, 0.1) is 13.8 Å². The van der Waals surface area contributed by atoms with Crippen molar-refractivity contribution >= 4 is 0 Å². The van der Waals surface area contributed by atoms with Crippen molar-refractivity contribution in [2.75, 3.05) is 0 Å². The normalized spacial score (nSPS) is 17.9. The molecule has 1 fully saturated rings. The number of rotatable bonds is 2. The lowest BCUT2D eigenvalue weighted by molar-refractivity contribution is -0.609. The standard InChI is InChI=1S/C25H29N2/c1-17-11-5-9-15-21(17)26-18(2)23-25(3,4)20-14-8-10-16-22(20)27(23)24(26)19-12-6-7-13-19/h5,8-11,14-16,19H,6-7,12-13H2,1-4H3/q+1. The smallest absolute Gasteiger partial charge is 0.196 e. The minimum Gasteiger partial charge on any atom is -0.196 e. The molecule has 1 aliphatic carbocycles. The van der Waals surface area contributed by atoms with Crippen molar-refractivity contribution in [2.45, 2.75) is 64.7 Å². The van der Waals surface area contributed by atoms with Crippen LogP contribution in [-0.4, -0.2) is 4.57 Å². The van der Waals surface area contributed by atoms with Gasteiger partial charge in [-0.15, -0.1) is 0 Å². The van der Waals surface area contributed by atoms with Gasteiger partial charge in [-0.1, -0.05) is 49.2 Å². The molecule has 2 heteroatoms. The quantitative estimate of drug-likeness (QED) is 0.523. The molecule has 0 radical (unpaired) electrons. The topological polar surface area (TPSA) is 8.81 Å². The number of nitrogens with zero attached hydrogens (tertiary/aromatic N) is 2. The molecule has 27 heavy (non-hydrogen) atoms. The van der Waals surface area contributed by atoms with Gasteiger partial charge in [-0.05, 0) is 51.3 Å². The highest BCUT2D eigenvalue weighted by molar-refractivity contribution is 5.52. The average Bonchev–Trinajstić information content (AvgIpc) is 3.33. The zero-order valence-electron chi connectivity index (χ0n) is 16.9. The number of benzene rings is 2. The van der Waals surface area contributed by atoms with E-state index in [0.29, 0.717) is 5.92 Å². The largest absolute Gasteiger partial charge is 0.270 e. The maximum absolute atomic E-state index is 2.62. The van der Waals surface area contributed by atoms with Gasteiger partial charge in [0.25, 0.3) is 5.82 Å². The second-order valence-corrected chi connectivity index (χ2v) is 8.87. The number of para-hydroxylation sites is 2. The summed E-state index contributed by atoms with van der Waals surface area (Å²) in [5.41, 5.74) is 8.42. The van der Waals surface area contributed by atoms with E-state index in [1.807, 2.05) is 0 Å².